The molecule has 0 radical (unpaired) electrons. The van der Waals surface area contributed by atoms with Gasteiger partial charge in [-0.1, -0.05) is 44.5 Å². The molecule has 1 N–H and O–H groups in total. The Balaban J connectivity index is 2.22. The van der Waals surface area contributed by atoms with E-state index in [2.05, 4.69) is 50.5 Å². The Kier molecular flexibility index (Phi) is 4.79. The number of hydrogen-bond donors (Lipinski definition) is 1. The topological polar surface area (TPSA) is 21.3 Å². The lowest BCUT2D eigenvalue weighted by molar-refractivity contribution is 0.00270. The van der Waals surface area contributed by atoms with Crippen LogP contribution < -0.4 is 5.32 Å². The number of hydrogen-bond acceptors (Lipinski definition) is 2. The van der Waals surface area contributed by atoms with Crippen LogP contribution in [0, 0.1) is 5.92 Å². The zero-order chi connectivity index (χ0) is 13.0. The maximum atomic E-state index is 6.06. The third kappa shape index (κ3) is 2.76. The van der Waals surface area contributed by atoms with Gasteiger partial charge in [-0.3, -0.25) is 0 Å². The molecule has 18 heavy (non-hydrogen) atoms. The third-order valence-electron chi connectivity index (χ3n) is 4.05. The molecule has 100 valence electrons. The van der Waals surface area contributed by atoms with Gasteiger partial charge in [-0.15, -0.1) is 0 Å². The fraction of sp³-hybridized carbons (Fsp3) is 0.625. The van der Waals surface area contributed by atoms with E-state index < -0.39 is 0 Å². The first-order valence-corrected chi connectivity index (χ1v) is 7.14. The minimum Gasteiger partial charge on any atom is -0.372 e. The summed E-state index contributed by atoms with van der Waals surface area (Å²) >= 11 is 0. The highest BCUT2D eigenvalue weighted by atomic mass is 16.5. The predicted molar refractivity (Wildman–Crippen MR) is 75.8 cm³/mol. The van der Waals surface area contributed by atoms with E-state index >= 15 is 0 Å². The summed E-state index contributed by atoms with van der Waals surface area (Å²) in [4.78, 5) is 0. The summed E-state index contributed by atoms with van der Waals surface area (Å²) < 4.78 is 6.06. The van der Waals surface area contributed by atoms with Crippen LogP contribution in [0.15, 0.2) is 24.3 Å². The molecule has 1 aromatic carbocycles. The summed E-state index contributed by atoms with van der Waals surface area (Å²) in [5.41, 5.74) is 2.84. The van der Waals surface area contributed by atoms with Crippen LogP contribution in [0.1, 0.15) is 43.9 Å². The van der Waals surface area contributed by atoms with Crippen molar-refractivity contribution in [2.24, 2.45) is 5.92 Å². The third-order valence-corrected chi connectivity index (χ3v) is 4.05. The Morgan fingerprint density at radius 2 is 2.17 bits per heavy atom. The van der Waals surface area contributed by atoms with Crippen LogP contribution in [-0.4, -0.2) is 19.7 Å². The fourth-order valence-corrected chi connectivity index (χ4v) is 3.09. The largest absolute Gasteiger partial charge is 0.372 e. The fourth-order valence-electron chi connectivity index (χ4n) is 3.09. The van der Waals surface area contributed by atoms with Crippen molar-refractivity contribution in [2.45, 2.75) is 45.3 Å². The Morgan fingerprint density at radius 1 is 1.39 bits per heavy atom. The number of rotatable bonds is 5. The highest BCUT2D eigenvalue weighted by Gasteiger charge is 2.30. The number of ether oxygens (including phenoxy) is 1. The molecule has 3 atom stereocenters. The average molecular weight is 247 g/mol. The summed E-state index contributed by atoms with van der Waals surface area (Å²) in [5.74, 6) is 0.635. The lowest BCUT2D eigenvalue weighted by Crippen LogP contribution is -2.41. The summed E-state index contributed by atoms with van der Waals surface area (Å²) in [6.07, 6.45) is 3.73. The van der Waals surface area contributed by atoms with Gasteiger partial charge in [-0.2, -0.15) is 0 Å². The highest BCUT2D eigenvalue weighted by Crippen LogP contribution is 2.33. The van der Waals surface area contributed by atoms with E-state index in [1.165, 1.54) is 24.0 Å². The number of nitrogens with one attached hydrogen (secondary N) is 1. The second-order valence-corrected chi connectivity index (χ2v) is 5.32. The molecule has 0 aromatic heterocycles. The zero-order valence-corrected chi connectivity index (χ0v) is 11.8. The monoisotopic (exact) mass is 247 g/mol. The highest BCUT2D eigenvalue weighted by molar-refractivity contribution is 5.32. The smallest absolute Gasteiger partial charge is 0.0983 e. The molecule has 1 aliphatic heterocycles. The van der Waals surface area contributed by atoms with E-state index in [0.717, 1.165) is 13.0 Å². The number of fused-ring (bicyclic) bond motifs is 1. The molecule has 2 rings (SSSR count). The van der Waals surface area contributed by atoms with Crippen molar-refractivity contribution in [1.29, 1.82) is 0 Å². The van der Waals surface area contributed by atoms with Gasteiger partial charge >= 0.3 is 0 Å². The number of benzene rings is 1. The van der Waals surface area contributed by atoms with Crippen molar-refractivity contribution in [3.63, 3.8) is 0 Å². The maximum Gasteiger partial charge on any atom is 0.0983 e. The van der Waals surface area contributed by atoms with E-state index in [4.69, 9.17) is 4.74 Å². The lowest BCUT2D eigenvalue weighted by atomic mass is 9.86. The van der Waals surface area contributed by atoms with Crippen LogP contribution in [-0.2, 0) is 11.2 Å². The Hall–Kier alpha value is -0.860. The van der Waals surface area contributed by atoms with Crippen LogP contribution >= 0.6 is 0 Å². The normalized spacial score (nSPS) is 22.3. The van der Waals surface area contributed by atoms with Gasteiger partial charge in [0.05, 0.1) is 12.7 Å². The first-order chi connectivity index (χ1) is 8.77. The molecule has 0 bridgehead atoms. The van der Waals surface area contributed by atoms with Crippen LogP contribution in [0.2, 0.25) is 0 Å². The van der Waals surface area contributed by atoms with Crippen molar-refractivity contribution >= 4 is 0 Å². The van der Waals surface area contributed by atoms with E-state index in [1.54, 1.807) is 0 Å². The molecular weight excluding hydrogens is 222 g/mol. The Bertz CT molecular complexity index is 377. The van der Waals surface area contributed by atoms with Crippen molar-refractivity contribution < 1.29 is 4.74 Å². The summed E-state index contributed by atoms with van der Waals surface area (Å²) in [6.45, 7) is 5.42. The van der Waals surface area contributed by atoms with Crippen LogP contribution in [0.3, 0.4) is 0 Å². The molecule has 1 aliphatic rings. The van der Waals surface area contributed by atoms with Gasteiger partial charge < -0.3 is 10.1 Å². The molecule has 0 saturated heterocycles. The lowest BCUT2D eigenvalue weighted by Gasteiger charge is -2.35. The Labute approximate surface area is 111 Å². The molecule has 3 unspecified atom stereocenters. The van der Waals surface area contributed by atoms with Gasteiger partial charge in [-0.25, -0.2) is 0 Å². The van der Waals surface area contributed by atoms with Crippen molar-refractivity contribution in [2.75, 3.05) is 13.7 Å². The molecule has 1 aromatic rings. The molecule has 0 aliphatic carbocycles. The van der Waals surface area contributed by atoms with E-state index in [-0.39, 0.29) is 6.10 Å². The Morgan fingerprint density at radius 3 is 2.89 bits per heavy atom. The van der Waals surface area contributed by atoms with Gasteiger partial charge in [0.1, 0.15) is 0 Å². The van der Waals surface area contributed by atoms with E-state index in [1.807, 2.05) is 0 Å². The molecular formula is C16H25NO. The van der Waals surface area contributed by atoms with Crippen molar-refractivity contribution in [3.8, 4) is 0 Å². The molecule has 0 spiro atoms. The van der Waals surface area contributed by atoms with Crippen molar-refractivity contribution in [3.05, 3.63) is 35.4 Å². The van der Waals surface area contributed by atoms with Gasteiger partial charge in [0.25, 0.3) is 0 Å². The van der Waals surface area contributed by atoms with Gasteiger partial charge in [0.2, 0.25) is 0 Å². The van der Waals surface area contributed by atoms with Crippen LogP contribution in [0.5, 0.6) is 0 Å². The average Bonchev–Trinajstić information content (AvgIpc) is 2.40. The van der Waals surface area contributed by atoms with Crippen LogP contribution in [0.4, 0.5) is 0 Å². The molecule has 0 saturated carbocycles. The zero-order valence-electron chi connectivity index (χ0n) is 11.8. The molecule has 0 fully saturated rings. The SMILES string of the molecule is CCCC(C)C(NC)C1OCCc2ccccc21. The van der Waals surface area contributed by atoms with Gasteiger partial charge in [-0.05, 0) is 36.9 Å². The molecule has 0 amide bonds. The summed E-state index contributed by atoms with van der Waals surface area (Å²) in [7, 11) is 2.05. The minimum absolute atomic E-state index is 0.210. The first-order valence-electron chi connectivity index (χ1n) is 7.14. The maximum absolute atomic E-state index is 6.06. The molecule has 2 heteroatoms. The van der Waals surface area contributed by atoms with Gasteiger partial charge in [0.15, 0.2) is 0 Å². The van der Waals surface area contributed by atoms with Gasteiger partial charge in [0, 0.05) is 6.04 Å². The molecule has 2 nitrogen and oxygen atoms in total. The van der Waals surface area contributed by atoms with E-state index in [9.17, 15) is 0 Å². The standard InChI is InChI=1S/C16H25NO/c1-4-7-12(2)15(17-3)16-14-9-6-5-8-13(14)10-11-18-16/h5-6,8-9,12,15-17H,4,7,10-11H2,1-3H3. The summed E-state index contributed by atoms with van der Waals surface area (Å²) in [6, 6.07) is 9.12. The second kappa shape index (κ2) is 6.35. The van der Waals surface area contributed by atoms with Crippen molar-refractivity contribution in [1.82, 2.24) is 5.32 Å². The summed E-state index contributed by atoms with van der Waals surface area (Å²) in [5, 5.41) is 3.47. The van der Waals surface area contributed by atoms with Crippen LogP contribution in [0.25, 0.3) is 0 Å². The first kappa shape index (κ1) is 13.6. The minimum atomic E-state index is 0.210. The van der Waals surface area contributed by atoms with E-state index in [0.29, 0.717) is 12.0 Å². The number of likely N-dealkylation sites (N-methyl/N-ethyl adjacent to an activating group) is 1. The predicted octanol–water partition coefficient (Wildman–Crippen LogP) is 3.32. The molecule has 1 heterocycles. The quantitative estimate of drug-likeness (QED) is 0.862. The second-order valence-electron chi connectivity index (χ2n) is 5.32.